The lowest BCUT2D eigenvalue weighted by atomic mass is 10.00. The maximum Gasteiger partial charge on any atom is 0.338 e. The molecule has 1 amide bonds. The molecule has 0 unspecified atom stereocenters. The zero-order chi connectivity index (χ0) is 20.5. The van der Waals surface area contributed by atoms with Crippen LogP contribution in [0.2, 0.25) is 0 Å². The van der Waals surface area contributed by atoms with Gasteiger partial charge in [0.25, 0.3) is 5.91 Å². The molecular formula is C25H25NO3. The van der Waals surface area contributed by atoms with Gasteiger partial charge in [0.1, 0.15) is 0 Å². The van der Waals surface area contributed by atoms with Gasteiger partial charge >= 0.3 is 5.97 Å². The maximum absolute atomic E-state index is 12.6. The summed E-state index contributed by atoms with van der Waals surface area (Å²) < 4.78 is 5.28. The SMILES string of the molecule is CCc1ccccc1NC(=O)COC(=O)c1ccccc1CCc1ccccc1. The van der Waals surface area contributed by atoms with Gasteiger partial charge in [-0.15, -0.1) is 0 Å². The molecule has 4 heteroatoms. The smallest absolute Gasteiger partial charge is 0.338 e. The third-order valence-corrected chi connectivity index (χ3v) is 4.77. The third kappa shape index (κ3) is 5.79. The molecule has 0 fully saturated rings. The fraction of sp³-hybridized carbons (Fsp3) is 0.200. The highest BCUT2D eigenvalue weighted by Gasteiger charge is 2.15. The van der Waals surface area contributed by atoms with Gasteiger partial charge in [-0.1, -0.05) is 73.7 Å². The van der Waals surface area contributed by atoms with Crippen LogP contribution in [0.3, 0.4) is 0 Å². The summed E-state index contributed by atoms with van der Waals surface area (Å²) in [5.74, 6) is -0.825. The number of hydrogen-bond donors (Lipinski definition) is 1. The van der Waals surface area contributed by atoms with Gasteiger partial charge in [-0.2, -0.15) is 0 Å². The predicted molar refractivity (Wildman–Crippen MR) is 115 cm³/mol. The summed E-state index contributed by atoms with van der Waals surface area (Å²) in [4.78, 5) is 24.8. The lowest BCUT2D eigenvalue weighted by Gasteiger charge is -2.11. The molecule has 0 aliphatic carbocycles. The van der Waals surface area contributed by atoms with E-state index in [2.05, 4.69) is 17.4 Å². The molecule has 0 saturated heterocycles. The second-order valence-corrected chi connectivity index (χ2v) is 6.78. The Kier molecular flexibility index (Phi) is 7.17. The fourth-order valence-corrected chi connectivity index (χ4v) is 3.21. The van der Waals surface area contributed by atoms with Crippen molar-refractivity contribution in [1.29, 1.82) is 0 Å². The Balaban J connectivity index is 1.58. The first-order valence-corrected chi connectivity index (χ1v) is 9.84. The largest absolute Gasteiger partial charge is 0.452 e. The van der Waals surface area contributed by atoms with Crippen LogP contribution in [0.15, 0.2) is 78.9 Å². The van der Waals surface area contributed by atoms with Gasteiger partial charge in [-0.3, -0.25) is 4.79 Å². The van der Waals surface area contributed by atoms with Gasteiger partial charge in [0.15, 0.2) is 6.61 Å². The number of carbonyl (C=O) groups is 2. The standard InChI is InChI=1S/C25H25NO3/c1-2-20-12-7-9-15-23(20)26-24(27)18-29-25(28)22-14-8-6-13-21(22)17-16-19-10-4-3-5-11-19/h3-15H,2,16-18H2,1H3,(H,26,27). The summed E-state index contributed by atoms with van der Waals surface area (Å²) in [6, 6.07) is 25.1. The molecule has 29 heavy (non-hydrogen) atoms. The zero-order valence-corrected chi connectivity index (χ0v) is 16.6. The van der Waals surface area contributed by atoms with Crippen LogP contribution in [0.5, 0.6) is 0 Å². The second kappa shape index (κ2) is 10.2. The summed E-state index contributed by atoms with van der Waals surface area (Å²) in [6.45, 7) is 1.71. The third-order valence-electron chi connectivity index (χ3n) is 4.77. The van der Waals surface area contributed by atoms with Crippen LogP contribution in [-0.4, -0.2) is 18.5 Å². The van der Waals surface area contributed by atoms with E-state index < -0.39 is 5.97 Å². The molecule has 3 aromatic carbocycles. The number of rotatable bonds is 8. The first-order chi connectivity index (χ1) is 14.2. The number of ether oxygens (including phenoxy) is 1. The van der Waals surface area contributed by atoms with Gasteiger partial charge < -0.3 is 10.1 Å². The quantitative estimate of drug-likeness (QED) is 0.563. The molecule has 0 bridgehead atoms. The molecule has 3 aromatic rings. The normalized spacial score (nSPS) is 10.4. The Morgan fingerprint density at radius 2 is 1.45 bits per heavy atom. The lowest BCUT2D eigenvalue weighted by Crippen LogP contribution is -2.22. The van der Waals surface area contributed by atoms with Crippen LogP contribution in [0.4, 0.5) is 5.69 Å². The summed E-state index contributed by atoms with van der Waals surface area (Å²) >= 11 is 0. The average molecular weight is 387 g/mol. The van der Waals surface area contributed by atoms with E-state index in [0.29, 0.717) is 5.56 Å². The van der Waals surface area contributed by atoms with E-state index in [0.717, 1.165) is 36.1 Å². The lowest BCUT2D eigenvalue weighted by molar-refractivity contribution is -0.119. The number of esters is 1. The molecule has 0 saturated carbocycles. The highest BCUT2D eigenvalue weighted by atomic mass is 16.5. The molecule has 0 aliphatic heterocycles. The zero-order valence-electron chi connectivity index (χ0n) is 16.6. The Labute approximate surface area is 171 Å². The van der Waals surface area contributed by atoms with Crippen molar-refractivity contribution >= 4 is 17.6 Å². The molecule has 0 atom stereocenters. The first-order valence-electron chi connectivity index (χ1n) is 9.84. The minimum Gasteiger partial charge on any atom is -0.452 e. The molecule has 0 aliphatic rings. The van der Waals surface area contributed by atoms with Crippen molar-refractivity contribution in [2.75, 3.05) is 11.9 Å². The van der Waals surface area contributed by atoms with E-state index >= 15 is 0 Å². The van der Waals surface area contributed by atoms with Crippen LogP contribution >= 0.6 is 0 Å². The minimum absolute atomic E-state index is 0.316. The minimum atomic E-state index is -0.479. The summed E-state index contributed by atoms with van der Waals surface area (Å²) in [5.41, 5.74) is 4.42. The van der Waals surface area contributed by atoms with Crippen molar-refractivity contribution < 1.29 is 14.3 Å². The molecule has 3 rings (SSSR count). The monoisotopic (exact) mass is 387 g/mol. The molecule has 0 heterocycles. The fourth-order valence-electron chi connectivity index (χ4n) is 3.21. The summed E-state index contributed by atoms with van der Waals surface area (Å²) in [5, 5.41) is 2.81. The topological polar surface area (TPSA) is 55.4 Å². The van der Waals surface area contributed by atoms with Gasteiger partial charge in [-0.25, -0.2) is 4.79 Å². The molecule has 0 aromatic heterocycles. The Hall–Kier alpha value is -3.40. The summed E-state index contributed by atoms with van der Waals surface area (Å²) in [7, 11) is 0. The van der Waals surface area contributed by atoms with Gasteiger partial charge in [0.05, 0.1) is 5.56 Å². The van der Waals surface area contributed by atoms with Crippen LogP contribution in [-0.2, 0) is 28.8 Å². The number of amides is 1. The van der Waals surface area contributed by atoms with Crippen molar-refractivity contribution in [2.45, 2.75) is 26.2 Å². The van der Waals surface area contributed by atoms with Crippen molar-refractivity contribution in [1.82, 2.24) is 0 Å². The van der Waals surface area contributed by atoms with E-state index in [1.807, 2.05) is 61.5 Å². The molecular weight excluding hydrogens is 362 g/mol. The molecule has 4 nitrogen and oxygen atoms in total. The van der Waals surface area contributed by atoms with Crippen molar-refractivity contribution in [3.63, 3.8) is 0 Å². The van der Waals surface area contributed by atoms with Gasteiger partial charge in [-0.05, 0) is 48.1 Å². The molecule has 1 N–H and O–H groups in total. The van der Waals surface area contributed by atoms with E-state index in [9.17, 15) is 9.59 Å². The van der Waals surface area contributed by atoms with Crippen LogP contribution < -0.4 is 5.32 Å². The maximum atomic E-state index is 12.6. The van der Waals surface area contributed by atoms with Crippen LogP contribution in [0.1, 0.15) is 34.0 Å². The summed E-state index contributed by atoms with van der Waals surface area (Å²) in [6.07, 6.45) is 2.37. The van der Waals surface area contributed by atoms with E-state index in [1.165, 1.54) is 5.56 Å². The second-order valence-electron chi connectivity index (χ2n) is 6.78. The Morgan fingerprint density at radius 1 is 0.793 bits per heavy atom. The van der Waals surface area contributed by atoms with Crippen molar-refractivity contribution in [2.24, 2.45) is 0 Å². The number of carbonyl (C=O) groups excluding carboxylic acids is 2. The molecule has 0 radical (unpaired) electrons. The number of benzene rings is 3. The van der Waals surface area contributed by atoms with Crippen molar-refractivity contribution in [3.05, 3.63) is 101 Å². The van der Waals surface area contributed by atoms with E-state index in [4.69, 9.17) is 4.74 Å². The molecule has 0 spiro atoms. The van der Waals surface area contributed by atoms with Crippen LogP contribution in [0.25, 0.3) is 0 Å². The van der Waals surface area contributed by atoms with Gasteiger partial charge in [0.2, 0.25) is 0 Å². The number of para-hydroxylation sites is 1. The number of nitrogens with one attached hydrogen (secondary N) is 1. The predicted octanol–water partition coefficient (Wildman–Crippen LogP) is 4.83. The number of hydrogen-bond acceptors (Lipinski definition) is 3. The first kappa shape index (κ1) is 20.3. The van der Waals surface area contributed by atoms with Crippen LogP contribution in [0, 0.1) is 0 Å². The number of aryl methyl sites for hydroxylation is 3. The van der Waals surface area contributed by atoms with Gasteiger partial charge in [0, 0.05) is 5.69 Å². The Bertz CT molecular complexity index is 967. The van der Waals surface area contributed by atoms with Crippen molar-refractivity contribution in [3.8, 4) is 0 Å². The highest BCUT2D eigenvalue weighted by molar-refractivity contribution is 5.96. The van der Waals surface area contributed by atoms with E-state index in [1.54, 1.807) is 12.1 Å². The highest BCUT2D eigenvalue weighted by Crippen LogP contribution is 2.16. The molecule has 148 valence electrons. The average Bonchev–Trinajstić information content (AvgIpc) is 2.77. The number of anilines is 1. The Morgan fingerprint density at radius 3 is 2.21 bits per heavy atom. The van der Waals surface area contributed by atoms with E-state index in [-0.39, 0.29) is 12.5 Å².